The first-order valence-electron chi connectivity index (χ1n) is 7.15. The lowest BCUT2D eigenvalue weighted by molar-refractivity contribution is 0.309. The Balaban J connectivity index is 1.46. The van der Waals surface area contributed by atoms with Crippen LogP contribution >= 0.6 is 0 Å². The van der Waals surface area contributed by atoms with Crippen molar-refractivity contribution in [2.75, 3.05) is 13.6 Å². The monoisotopic (exact) mass is 245 g/mol. The quantitative estimate of drug-likeness (QED) is 0.798. The second-order valence-electron chi connectivity index (χ2n) is 5.95. The number of nitrogens with one attached hydrogen (secondary N) is 1. The van der Waals surface area contributed by atoms with Crippen LogP contribution in [0.1, 0.15) is 36.9 Å². The molecule has 1 aromatic heterocycles. The van der Waals surface area contributed by atoms with Crippen LogP contribution in [0.4, 0.5) is 0 Å². The summed E-state index contributed by atoms with van der Waals surface area (Å²) >= 11 is 0. The van der Waals surface area contributed by atoms with Gasteiger partial charge in [-0.3, -0.25) is 4.98 Å². The average Bonchev–Trinajstić information content (AvgIpc) is 3.23. The van der Waals surface area contributed by atoms with Gasteiger partial charge in [-0.15, -0.1) is 0 Å². The molecule has 2 fully saturated rings. The number of rotatable bonds is 7. The molecule has 0 saturated heterocycles. The van der Waals surface area contributed by atoms with Crippen molar-refractivity contribution >= 4 is 0 Å². The minimum absolute atomic E-state index is 0.773. The molecule has 3 nitrogen and oxygen atoms in total. The van der Waals surface area contributed by atoms with E-state index in [1.165, 1.54) is 43.5 Å². The summed E-state index contributed by atoms with van der Waals surface area (Å²) in [6, 6.07) is 5.16. The summed E-state index contributed by atoms with van der Waals surface area (Å²) in [7, 11) is 2.20. The molecule has 0 spiro atoms. The fourth-order valence-electron chi connectivity index (χ4n) is 2.29. The summed E-state index contributed by atoms with van der Waals surface area (Å²) < 4.78 is 0. The number of hydrogen-bond donors (Lipinski definition) is 1. The fraction of sp³-hybridized carbons (Fsp3) is 0.667. The smallest absolute Gasteiger partial charge is 0.0544 e. The maximum absolute atomic E-state index is 4.56. The van der Waals surface area contributed by atoms with Gasteiger partial charge in [0.05, 0.1) is 5.69 Å². The predicted molar refractivity (Wildman–Crippen MR) is 73.2 cm³/mol. The van der Waals surface area contributed by atoms with Crippen LogP contribution in [0.3, 0.4) is 0 Å². The lowest BCUT2D eigenvalue weighted by atomic mass is 10.2. The molecule has 1 heterocycles. The Morgan fingerprint density at radius 1 is 1.28 bits per heavy atom. The molecule has 0 unspecified atom stereocenters. The summed E-state index contributed by atoms with van der Waals surface area (Å²) in [5, 5.41) is 3.52. The van der Waals surface area contributed by atoms with E-state index in [9.17, 15) is 0 Å². The molecule has 1 N–H and O–H groups in total. The molecule has 98 valence electrons. The van der Waals surface area contributed by atoms with Crippen LogP contribution in [0.2, 0.25) is 0 Å². The molecule has 2 aliphatic carbocycles. The van der Waals surface area contributed by atoms with Gasteiger partial charge in [0.1, 0.15) is 0 Å². The zero-order chi connectivity index (χ0) is 12.4. The third kappa shape index (κ3) is 3.79. The molecule has 0 aliphatic heterocycles. The van der Waals surface area contributed by atoms with Crippen molar-refractivity contribution in [3.63, 3.8) is 0 Å². The Hall–Kier alpha value is -0.930. The molecule has 3 rings (SSSR count). The van der Waals surface area contributed by atoms with Crippen LogP contribution in [0, 0.1) is 5.92 Å². The van der Waals surface area contributed by atoms with Gasteiger partial charge in [-0.25, -0.2) is 0 Å². The van der Waals surface area contributed by atoms with E-state index in [4.69, 9.17) is 0 Å². The van der Waals surface area contributed by atoms with Gasteiger partial charge in [-0.2, -0.15) is 0 Å². The molecule has 2 aliphatic rings. The normalized spacial score (nSPS) is 19.4. The molecular formula is C15H23N3. The van der Waals surface area contributed by atoms with Crippen molar-refractivity contribution in [1.29, 1.82) is 0 Å². The molecule has 0 amide bonds. The molecule has 1 aromatic rings. The van der Waals surface area contributed by atoms with Crippen LogP contribution in [0.5, 0.6) is 0 Å². The van der Waals surface area contributed by atoms with Crippen LogP contribution in [0.25, 0.3) is 0 Å². The molecule has 0 aromatic carbocycles. The van der Waals surface area contributed by atoms with Gasteiger partial charge in [-0.05, 0) is 50.3 Å². The van der Waals surface area contributed by atoms with Gasteiger partial charge in [0.25, 0.3) is 0 Å². The Bertz CT molecular complexity index is 379. The van der Waals surface area contributed by atoms with Crippen molar-refractivity contribution in [2.24, 2.45) is 5.92 Å². The van der Waals surface area contributed by atoms with Crippen LogP contribution < -0.4 is 5.32 Å². The molecular weight excluding hydrogens is 222 g/mol. The summed E-state index contributed by atoms with van der Waals surface area (Å²) in [6.07, 6.45) is 7.55. The lowest BCUT2D eigenvalue weighted by Gasteiger charge is -2.15. The highest BCUT2D eigenvalue weighted by Crippen LogP contribution is 2.29. The van der Waals surface area contributed by atoms with E-state index in [0.29, 0.717) is 0 Å². The van der Waals surface area contributed by atoms with Gasteiger partial charge < -0.3 is 10.2 Å². The third-order valence-electron chi connectivity index (χ3n) is 3.76. The highest BCUT2D eigenvalue weighted by atomic mass is 15.1. The summed E-state index contributed by atoms with van der Waals surface area (Å²) in [5.41, 5.74) is 2.49. The van der Waals surface area contributed by atoms with Crippen LogP contribution in [-0.4, -0.2) is 29.5 Å². The van der Waals surface area contributed by atoms with Crippen LogP contribution in [-0.2, 0) is 13.1 Å². The molecule has 18 heavy (non-hydrogen) atoms. The number of pyridine rings is 1. The molecule has 3 heteroatoms. The maximum Gasteiger partial charge on any atom is 0.0544 e. The predicted octanol–water partition coefficient (Wildman–Crippen LogP) is 2.18. The third-order valence-corrected chi connectivity index (χ3v) is 3.76. The number of aromatic nitrogens is 1. The number of nitrogens with zero attached hydrogens (tertiary/aromatic N) is 2. The Morgan fingerprint density at radius 2 is 2.11 bits per heavy atom. The van der Waals surface area contributed by atoms with Gasteiger partial charge >= 0.3 is 0 Å². The molecule has 0 radical (unpaired) electrons. The standard InChI is InChI=1S/C15H23N3/c1-18(10-12-2-3-12)11-15-5-4-13(9-17-15)8-16-14-6-7-14/h4-5,9,12,14,16H,2-3,6-8,10-11H2,1H3. The van der Waals surface area contributed by atoms with Crippen molar-refractivity contribution < 1.29 is 0 Å². The Kier molecular flexibility index (Phi) is 3.62. The first-order chi connectivity index (χ1) is 8.79. The number of hydrogen-bond acceptors (Lipinski definition) is 3. The Labute approximate surface area is 110 Å². The first-order valence-corrected chi connectivity index (χ1v) is 7.15. The highest BCUT2D eigenvalue weighted by Gasteiger charge is 2.22. The van der Waals surface area contributed by atoms with E-state index in [-0.39, 0.29) is 0 Å². The SMILES string of the molecule is CN(Cc1ccc(CNC2CC2)cn1)CC1CC1. The maximum atomic E-state index is 4.56. The summed E-state index contributed by atoms with van der Waals surface area (Å²) in [4.78, 5) is 6.95. The summed E-state index contributed by atoms with van der Waals surface area (Å²) in [6.45, 7) is 3.18. The summed E-state index contributed by atoms with van der Waals surface area (Å²) in [5.74, 6) is 0.956. The topological polar surface area (TPSA) is 28.2 Å². The van der Waals surface area contributed by atoms with Gasteiger partial charge in [0.2, 0.25) is 0 Å². The largest absolute Gasteiger partial charge is 0.310 e. The van der Waals surface area contributed by atoms with E-state index < -0.39 is 0 Å². The molecule has 0 atom stereocenters. The van der Waals surface area contributed by atoms with Gasteiger partial charge in [-0.1, -0.05) is 6.07 Å². The lowest BCUT2D eigenvalue weighted by Crippen LogP contribution is -2.21. The van der Waals surface area contributed by atoms with E-state index in [0.717, 1.165) is 25.0 Å². The minimum Gasteiger partial charge on any atom is -0.310 e. The fourth-order valence-corrected chi connectivity index (χ4v) is 2.29. The zero-order valence-electron chi connectivity index (χ0n) is 11.2. The molecule has 0 bridgehead atoms. The Morgan fingerprint density at radius 3 is 2.72 bits per heavy atom. The first kappa shape index (κ1) is 12.1. The van der Waals surface area contributed by atoms with Gasteiger partial charge in [0.15, 0.2) is 0 Å². The van der Waals surface area contributed by atoms with Gasteiger partial charge in [0, 0.05) is 31.9 Å². The van der Waals surface area contributed by atoms with E-state index in [1.54, 1.807) is 0 Å². The average molecular weight is 245 g/mol. The van der Waals surface area contributed by atoms with E-state index >= 15 is 0 Å². The van der Waals surface area contributed by atoms with Crippen molar-refractivity contribution in [1.82, 2.24) is 15.2 Å². The second-order valence-corrected chi connectivity index (χ2v) is 5.95. The minimum atomic E-state index is 0.773. The van der Waals surface area contributed by atoms with Crippen molar-refractivity contribution in [3.8, 4) is 0 Å². The molecule has 2 saturated carbocycles. The van der Waals surface area contributed by atoms with Crippen LogP contribution in [0.15, 0.2) is 18.3 Å². The zero-order valence-corrected chi connectivity index (χ0v) is 11.2. The highest BCUT2D eigenvalue weighted by molar-refractivity contribution is 5.14. The van der Waals surface area contributed by atoms with Crippen molar-refractivity contribution in [3.05, 3.63) is 29.6 Å². The van der Waals surface area contributed by atoms with E-state index in [2.05, 4.69) is 34.4 Å². The van der Waals surface area contributed by atoms with Crippen molar-refractivity contribution in [2.45, 2.75) is 44.8 Å². The van der Waals surface area contributed by atoms with E-state index in [1.807, 2.05) is 6.20 Å². The second kappa shape index (κ2) is 5.37.